The molecule has 1 fully saturated rings. The van der Waals surface area contributed by atoms with Crippen LogP contribution >= 0.6 is 0 Å². The Morgan fingerprint density at radius 1 is 1.32 bits per heavy atom. The minimum absolute atomic E-state index is 0.0152. The molecule has 0 N–H and O–H groups in total. The summed E-state index contributed by atoms with van der Waals surface area (Å²) in [6.07, 6.45) is 4.05. The van der Waals surface area contributed by atoms with Crippen molar-refractivity contribution in [3.8, 4) is 0 Å². The van der Waals surface area contributed by atoms with Crippen LogP contribution in [0.4, 0.5) is 0 Å². The number of imidazole rings is 1. The lowest BCUT2D eigenvalue weighted by molar-refractivity contribution is -0.178. The molecule has 2 aliphatic rings. The van der Waals surface area contributed by atoms with E-state index in [9.17, 15) is 13.2 Å². The van der Waals surface area contributed by atoms with Gasteiger partial charge in [0.15, 0.2) is 6.10 Å². The average molecular weight is 413 g/mol. The van der Waals surface area contributed by atoms with Crippen molar-refractivity contribution in [2.75, 3.05) is 31.9 Å². The van der Waals surface area contributed by atoms with E-state index >= 15 is 0 Å². The van der Waals surface area contributed by atoms with Crippen LogP contribution in [0.5, 0.6) is 0 Å². The second-order valence-electron chi connectivity index (χ2n) is 8.09. The number of nitrogens with zero attached hydrogens (tertiary/aromatic N) is 4. The molecule has 1 atom stereocenters. The van der Waals surface area contributed by atoms with E-state index in [1.54, 1.807) is 15.4 Å². The van der Waals surface area contributed by atoms with E-state index in [1.807, 2.05) is 38.5 Å². The first-order valence-electron chi connectivity index (χ1n) is 10.2. The van der Waals surface area contributed by atoms with Crippen molar-refractivity contribution in [3.63, 3.8) is 0 Å². The van der Waals surface area contributed by atoms with Crippen molar-refractivity contribution in [1.82, 2.24) is 18.8 Å². The van der Waals surface area contributed by atoms with Crippen LogP contribution < -0.4 is 0 Å². The molecule has 158 valence electrons. The van der Waals surface area contributed by atoms with Gasteiger partial charge in [-0.05, 0) is 32.6 Å². The Morgan fingerprint density at radius 3 is 2.54 bits per heavy atom. The molecule has 28 heavy (non-hydrogen) atoms. The largest absolute Gasteiger partial charge is 0.352 e. The van der Waals surface area contributed by atoms with Crippen LogP contribution in [-0.4, -0.2) is 71.1 Å². The standard InChI is InChI=1S/C19H32N4O4S/c1-5-21(6-2)17(24)16-13-22-12-9-20-18(22)19(27-16)7-10-23(11-8-19)28(25,26)14-15(3)4/h9,12,15-16H,5-8,10-11,13-14H2,1-4H3/t16-/m0/s1. The van der Waals surface area contributed by atoms with E-state index in [0.717, 1.165) is 5.82 Å². The van der Waals surface area contributed by atoms with Crippen LogP contribution in [0.25, 0.3) is 0 Å². The normalized spacial score (nSPS) is 22.4. The fraction of sp³-hybridized carbons (Fsp3) is 0.789. The van der Waals surface area contributed by atoms with Gasteiger partial charge in [-0.15, -0.1) is 0 Å². The number of aromatic nitrogens is 2. The number of ether oxygens (including phenoxy) is 1. The smallest absolute Gasteiger partial charge is 0.253 e. The van der Waals surface area contributed by atoms with Gasteiger partial charge in [-0.3, -0.25) is 4.79 Å². The number of hydrogen-bond acceptors (Lipinski definition) is 5. The van der Waals surface area contributed by atoms with Gasteiger partial charge < -0.3 is 14.2 Å². The number of carbonyl (C=O) groups is 1. The predicted molar refractivity (Wildman–Crippen MR) is 106 cm³/mol. The molecule has 0 saturated carbocycles. The van der Waals surface area contributed by atoms with E-state index in [2.05, 4.69) is 4.98 Å². The summed E-state index contributed by atoms with van der Waals surface area (Å²) in [5, 5.41) is 0. The van der Waals surface area contributed by atoms with Crippen molar-refractivity contribution in [3.05, 3.63) is 18.2 Å². The molecule has 1 saturated heterocycles. The lowest BCUT2D eigenvalue weighted by Gasteiger charge is -2.45. The number of sulfonamides is 1. The molecule has 9 heteroatoms. The molecule has 8 nitrogen and oxygen atoms in total. The van der Waals surface area contributed by atoms with E-state index in [-0.39, 0.29) is 17.6 Å². The third-order valence-corrected chi connectivity index (χ3v) is 7.91. The molecule has 1 amide bonds. The second kappa shape index (κ2) is 8.12. The topological polar surface area (TPSA) is 84.7 Å². The van der Waals surface area contributed by atoms with Gasteiger partial charge in [0.25, 0.3) is 5.91 Å². The Labute approximate surface area is 167 Å². The first-order chi connectivity index (χ1) is 13.2. The van der Waals surface area contributed by atoms with Crippen molar-refractivity contribution in [1.29, 1.82) is 0 Å². The van der Waals surface area contributed by atoms with Gasteiger partial charge in [-0.1, -0.05) is 13.8 Å². The zero-order valence-electron chi connectivity index (χ0n) is 17.3. The van der Waals surface area contributed by atoms with Crippen molar-refractivity contribution < 1.29 is 17.9 Å². The van der Waals surface area contributed by atoms with E-state index in [4.69, 9.17) is 4.74 Å². The summed E-state index contributed by atoms with van der Waals surface area (Å²) in [5.41, 5.74) is -0.709. The summed E-state index contributed by atoms with van der Waals surface area (Å²) in [6, 6.07) is 0. The fourth-order valence-electron chi connectivity index (χ4n) is 4.26. The summed E-state index contributed by atoms with van der Waals surface area (Å²) >= 11 is 0. The Morgan fingerprint density at radius 2 is 1.96 bits per heavy atom. The maximum Gasteiger partial charge on any atom is 0.253 e. The van der Waals surface area contributed by atoms with Gasteiger partial charge in [-0.25, -0.2) is 17.7 Å². The SMILES string of the molecule is CCN(CC)C(=O)[C@@H]1Cn2ccnc2C2(CCN(S(=O)(=O)CC(C)C)CC2)O1. The van der Waals surface area contributed by atoms with Crippen LogP contribution in [0.1, 0.15) is 46.4 Å². The van der Waals surface area contributed by atoms with E-state index < -0.39 is 21.7 Å². The van der Waals surface area contributed by atoms with Gasteiger partial charge >= 0.3 is 0 Å². The molecule has 0 aromatic carbocycles. The highest BCUT2D eigenvalue weighted by Gasteiger charge is 2.48. The number of likely N-dealkylation sites (N-methyl/N-ethyl adjacent to an activating group) is 1. The third-order valence-electron chi connectivity index (χ3n) is 5.67. The molecule has 3 heterocycles. The number of fused-ring (bicyclic) bond motifs is 2. The first-order valence-corrected chi connectivity index (χ1v) is 11.8. The van der Waals surface area contributed by atoms with Crippen LogP contribution in [0.15, 0.2) is 12.4 Å². The number of carbonyl (C=O) groups excluding carboxylic acids is 1. The quantitative estimate of drug-likeness (QED) is 0.706. The third kappa shape index (κ3) is 3.97. The van der Waals surface area contributed by atoms with Gasteiger partial charge in [0.05, 0.1) is 12.3 Å². The number of amides is 1. The van der Waals surface area contributed by atoms with E-state index in [1.165, 1.54) is 0 Å². The molecule has 0 aliphatic carbocycles. The number of piperidine rings is 1. The Kier molecular flexibility index (Phi) is 6.17. The van der Waals surface area contributed by atoms with Crippen LogP contribution in [0, 0.1) is 5.92 Å². The molecule has 3 rings (SSSR count). The lowest BCUT2D eigenvalue weighted by atomic mass is 9.89. The zero-order valence-corrected chi connectivity index (χ0v) is 18.1. The van der Waals surface area contributed by atoms with Crippen molar-refractivity contribution in [2.45, 2.75) is 58.8 Å². The highest BCUT2D eigenvalue weighted by Crippen LogP contribution is 2.41. The fourth-order valence-corrected chi connectivity index (χ4v) is 6.05. The van der Waals surface area contributed by atoms with E-state index in [0.29, 0.717) is 45.6 Å². The summed E-state index contributed by atoms with van der Waals surface area (Å²) < 4.78 is 35.2. The highest BCUT2D eigenvalue weighted by molar-refractivity contribution is 7.89. The molecule has 2 aliphatic heterocycles. The zero-order chi connectivity index (χ0) is 20.5. The number of hydrogen-bond donors (Lipinski definition) is 0. The Hall–Kier alpha value is -1.45. The predicted octanol–water partition coefficient (Wildman–Crippen LogP) is 1.43. The molecular weight excluding hydrogens is 380 g/mol. The second-order valence-corrected chi connectivity index (χ2v) is 10.1. The summed E-state index contributed by atoms with van der Waals surface area (Å²) in [4.78, 5) is 19.2. The molecule has 1 aromatic rings. The van der Waals surface area contributed by atoms with Crippen LogP contribution in [0.2, 0.25) is 0 Å². The van der Waals surface area contributed by atoms with Gasteiger partial charge in [0.2, 0.25) is 10.0 Å². The number of rotatable bonds is 6. The minimum Gasteiger partial charge on any atom is -0.352 e. The highest BCUT2D eigenvalue weighted by atomic mass is 32.2. The van der Waals surface area contributed by atoms with Crippen LogP contribution in [0.3, 0.4) is 0 Å². The maximum atomic E-state index is 12.9. The molecule has 0 unspecified atom stereocenters. The van der Waals surface area contributed by atoms with Gasteiger partial charge in [0.1, 0.15) is 11.4 Å². The Balaban J connectivity index is 1.81. The molecular formula is C19H32N4O4S. The minimum atomic E-state index is -3.28. The summed E-state index contributed by atoms with van der Waals surface area (Å²) in [5.74, 6) is 1.02. The Bertz CT molecular complexity index is 793. The van der Waals surface area contributed by atoms with Crippen molar-refractivity contribution >= 4 is 15.9 Å². The maximum absolute atomic E-state index is 12.9. The lowest BCUT2D eigenvalue weighted by Crippen LogP contribution is -2.55. The summed E-state index contributed by atoms with van der Waals surface area (Å²) in [6.45, 7) is 10.2. The van der Waals surface area contributed by atoms with Gasteiger partial charge in [0, 0.05) is 38.6 Å². The average Bonchev–Trinajstić information content (AvgIpc) is 3.11. The first kappa shape index (κ1) is 21.3. The monoisotopic (exact) mass is 412 g/mol. The summed E-state index contributed by atoms with van der Waals surface area (Å²) in [7, 11) is -3.28. The molecule has 1 aromatic heterocycles. The van der Waals surface area contributed by atoms with Crippen molar-refractivity contribution in [2.24, 2.45) is 5.92 Å². The van der Waals surface area contributed by atoms with Crippen LogP contribution in [-0.2, 0) is 31.7 Å². The molecule has 0 bridgehead atoms. The molecule has 0 radical (unpaired) electrons. The van der Waals surface area contributed by atoms with Gasteiger partial charge in [-0.2, -0.15) is 0 Å². The molecule has 1 spiro atoms.